The van der Waals surface area contributed by atoms with Crippen molar-refractivity contribution in [2.75, 3.05) is 12.0 Å². The van der Waals surface area contributed by atoms with E-state index >= 15 is 0 Å². The SMILES string of the molecule is C=C[C@H]1C(=O)N(c2ccc(OC)cc2)[C@H]1/C=N/O. The summed E-state index contributed by atoms with van der Waals surface area (Å²) < 4.78 is 5.06. The number of amides is 1. The fourth-order valence-corrected chi connectivity index (χ4v) is 2.04. The molecule has 1 aliphatic heterocycles. The monoisotopic (exact) mass is 246 g/mol. The van der Waals surface area contributed by atoms with Crippen LogP contribution in [0.1, 0.15) is 0 Å². The number of oxime groups is 1. The van der Waals surface area contributed by atoms with Crippen LogP contribution in [0.2, 0.25) is 0 Å². The molecule has 1 aromatic rings. The second-order valence-corrected chi connectivity index (χ2v) is 3.92. The van der Waals surface area contributed by atoms with Gasteiger partial charge in [0.2, 0.25) is 5.91 Å². The molecule has 1 heterocycles. The summed E-state index contributed by atoms with van der Waals surface area (Å²) in [5, 5.41) is 11.6. The van der Waals surface area contributed by atoms with E-state index in [0.29, 0.717) is 0 Å². The van der Waals surface area contributed by atoms with Gasteiger partial charge in [0.25, 0.3) is 0 Å². The third kappa shape index (κ3) is 1.84. The normalized spacial score (nSPS) is 22.9. The zero-order valence-electron chi connectivity index (χ0n) is 9.98. The number of carbonyl (C=O) groups excluding carboxylic acids is 1. The maximum absolute atomic E-state index is 11.9. The molecule has 94 valence electrons. The lowest BCUT2D eigenvalue weighted by Gasteiger charge is -2.43. The Labute approximate surface area is 105 Å². The van der Waals surface area contributed by atoms with E-state index < -0.39 is 0 Å². The van der Waals surface area contributed by atoms with Gasteiger partial charge >= 0.3 is 0 Å². The fourth-order valence-electron chi connectivity index (χ4n) is 2.04. The molecule has 1 aliphatic rings. The van der Waals surface area contributed by atoms with Crippen LogP contribution >= 0.6 is 0 Å². The maximum Gasteiger partial charge on any atom is 0.237 e. The Kier molecular flexibility index (Phi) is 3.32. The van der Waals surface area contributed by atoms with Crippen molar-refractivity contribution in [2.24, 2.45) is 11.1 Å². The number of nitrogens with zero attached hydrogens (tertiary/aromatic N) is 2. The molecule has 1 aromatic carbocycles. The number of rotatable bonds is 4. The largest absolute Gasteiger partial charge is 0.497 e. The van der Waals surface area contributed by atoms with Crippen LogP contribution < -0.4 is 9.64 Å². The summed E-state index contributed by atoms with van der Waals surface area (Å²) in [5.41, 5.74) is 0.740. The molecule has 0 unspecified atom stereocenters. The van der Waals surface area contributed by atoms with Gasteiger partial charge in [0.1, 0.15) is 5.75 Å². The van der Waals surface area contributed by atoms with Gasteiger partial charge in [0.05, 0.1) is 25.3 Å². The van der Waals surface area contributed by atoms with Crippen molar-refractivity contribution in [1.29, 1.82) is 0 Å². The summed E-state index contributed by atoms with van der Waals surface area (Å²) in [6.07, 6.45) is 2.90. The first-order valence-corrected chi connectivity index (χ1v) is 5.50. The second-order valence-electron chi connectivity index (χ2n) is 3.92. The zero-order valence-corrected chi connectivity index (χ0v) is 9.98. The highest BCUT2D eigenvalue weighted by atomic mass is 16.5. The van der Waals surface area contributed by atoms with Crippen molar-refractivity contribution in [3.8, 4) is 5.75 Å². The van der Waals surface area contributed by atoms with E-state index in [4.69, 9.17) is 9.94 Å². The van der Waals surface area contributed by atoms with Gasteiger partial charge in [0.15, 0.2) is 0 Å². The summed E-state index contributed by atoms with van der Waals surface area (Å²) in [6.45, 7) is 3.61. The Hall–Kier alpha value is -2.30. The summed E-state index contributed by atoms with van der Waals surface area (Å²) in [4.78, 5) is 13.5. The molecule has 2 rings (SSSR count). The smallest absolute Gasteiger partial charge is 0.237 e. The highest BCUT2D eigenvalue weighted by Crippen LogP contribution is 2.33. The third-order valence-corrected chi connectivity index (χ3v) is 3.01. The van der Waals surface area contributed by atoms with Gasteiger partial charge in [-0.15, -0.1) is 6.58 Å². The molecule has 1 saturated heterocycles. The standard InChI is InChI=1S/C13H14N2O3/c1-3-11-12(8-14-17)15(13(11)16)9-4-6-10(18-2)7-5-9/h3-8,11-12,17H,1H2,2H3/b14-8+/t11-,12+/m1/s1. The minimum absolute atomic E-state index is 0.0555. The van der Waals surface area contributed by atoms with Crippen molar-refractivity contribution < 1.29 is 14.7 Å². The van der Waals surface area contributed by atoms with Crippen molar-refractivity contribution in [1.82, 2.24) is 0 Å². The summed E-state index contributed by atoms with van der Waals surface area (Å²) in [7, 11) is 1.58. The van der Waals surface area contributed by atoms with Crippen LogP contribution in [0.15, 0.2) is 42.1 Å². The van der Waals surface area contributed by atoms with Crippen LogP contribution in [-0.4, -0.2) is 30.5 Å². The Balaban J connectivity index is 2.25. The molecule has 1 fully saturated rings. The van der Waals surface area contributed by atoms with Gasteiger partial charge in [-0.05, 0) is 24.3 Å². The Morgan fingerprint density at radius 3 is 2.61 bits per heavy atom. The minimum atomic E-state index is -0.331. The van der Waals surface area contributed by atoms with Gasteiger partial charge in [-0.3, -0.25) is 4.79 Å². The van der Waals surface area contributed by atoms with Crippen LogP contribution in [-0.2, 0) is 4.79 Å². The highest BCUT2D eigenvalue weighted by Gasteiger charge is 2.45. The summed E-state index contributed by atoms with van der Waals surface area (Å²) in [6, 6.07) is 6.84. The van der Waals surface area contributed by atoms with Gasteiger partial charge in [-0.25, -0.2) is 0 Å². The minimum Gasteiger partial charge on any atom is -0.497 e. The van der Waals surface area contributed by atoms with Gasteiger partial charge in [-0.1, -0.05) is 11.2 Å². The number of methoxy groups -OCH3 is 1. The predicted octanol–water partition coefficient (Wildman–Crippen LogP) is 1.67. The molecular formula is C13H14N2O3. The topological polar surface area (TPSA) is 62.1 Å². The fraction of sp³-hybridized carbons (Fsp3) is 0.231. The molecule has 0 aliphatic carbocycles. The predicted molar refractivity (Wildman–Crippen MR) is 68.2 cm³/mol. The first-order valence-electron chi connectivity index (χ1n) is 5.50. The van der Waals surface area contributed by atoms with Crippen LogP contribution in [0.5, 0.6) is 5.75 Å². The lowest BCUT2D eigenvalue weighted by atomic mass is 9.87. The van der Waals surface area contributed by atoms with Crippen molar-refractivity contribution in [2.45, 2.75) is 6.04 Å². The lowest BCUT2D eigenvalue weighted by molar-refractivity contribution is -0.126. The van der Waals surface area contributed by atoms with Crippen LogP contribution in [0.25, 0.3) is 0 Å². The van der Waals surface area contributed by atoms with E-state index in [1.54, 1.807) is 42.4 Å². The molecule has 0 bridgehead atoms. The van der Waals surface area contributed by atoms with E-state index in [0.717, 1.165) is 11.4 Å². The maximum atomic E-state index is 11.9. The van der Waals surface area contributed by atoms with E-state index in [1.807, 2.05) is 0 Å². The van der Waals surface area contributed by atoms with Gasteiger partial charge in [-0.2, -0.15) is 0 Å². The number of anilines is 1. The van der Waals surface area contributed by atoms with E-state index in [2.05, 4.69) is 11.7 Å². The molecule has 18 heavy (non-hydrogen) atoms. The average Bonchev–Trinajstić information content (AvgIpc) is 2.40. The van der Waals surface area contributed by atoms with E-state index in [9.17, 15) is 4.79 Å². The molecule has 0 radical (unpaired) electrons. The Bertz CT molecular complexity index is 482. The van der Waals surface area contributed by atoms with Crippen LogP contribution in [0.3, 0.4) is 0 Å². The number of benzene rings is 1. The third-order valence-electron chi connectivity index (χ3n) is 3.01. The number of ether oxygens (including phenoxy) is 1. The number of hydrogen-bond acceptors (Lipinski definition) is 4. The quantitative estimate of drug-likeness (QED) is 0.289. The van der Waals surface area contributed by atoms with Crippen molar-refractivity contribution >= 4 is 17.8 Å². The molecule has 0 aromatic heterocycles. The first kappa shape index (κ1) is 12.2. The zero-order chi connectivity index (χ0) is 13.1. The lowest BCUT2D eigenvalue weighted by Crippen LogP contribution is -2.61. The molecule has 1 amide bonds. The first-order chi connectivity index (χ1) is 8.72. The molecule has 1 N–H and O–H groups in total. The van der Waals surface area contributed by atoms with E-state index in [1.165, 1.54) is 6.21 Å². The Morgan fingerprint density at radius 2 is 2.11 bits per heavy atom. The second kappa shape index (κ2) is 4.91. The molecule has 5 nitrogen and oxygen atoms in total. The average molecular weight is 246 g/mol. The van der Waals surface area contributed by atoms with Crippen molar-refractivity contribution in [3.05, 3.63) is 36.9 Å². The van der Waals surface area contributed by atoms with Crippen molar-refractivity contribution in [3.63, 3.8) is 0 Å². The summed E-state index contributed by atoms with van der Waals surface area (Å²) in [5.74, 6) is 0.336. The van der Waals surface area contributed by atoms with Crippen LogP contribution in [0.4, 0.5) is 5.69 Å². The van der Waals surface area contributed by atoms with Gasteiger partial charge in [0, 0.05) is 5.69 Å². The molecule has 0 spiro atoms. The highest BCUT2D eigenvalue weighted by molar-refractivity contribution is 6.09. The summed E-state index contributed by atoms with van der Waals surface area (Å²) >= 11 is 0. The molecule has 2 atom stereocenters. The van der Waals surface area contributed by atoms with Gasteiger partial charge < -0.3 is 14.8 Å². The Morgan fingerprint density at radius 1 is 1.44 bits per heavy atom. The van der Waals surface area contributed by atoms with Crippen LogP contribution in [0, 0.1) is 5.92 Å². The number of β-lactam (4-membered cyclic amide) rings is 1. The molecule has 5 heteroatoms. The molecule has 0 saturated carbocycles. The number of hydrogen-bond donors (Lipinski definition) is 1. The van der Waals surface area contributed by atoms with E-state index in [-0.39, 0.29) is 17.9 Å². The molecular weight excluding hydrogens is 232 g/mol. The number of carbonyl (C=O) groups is 1.